The van der Waals surface area contributed by atoms with Crippen molar-refractivity contribution < 1.29 is 39.5 Å². The molecule has 2 amide bonds. The molecule has 40 heavy (non-hydrogen) atoms. The summed E-state index contributed by atoms with van der Waals surface area (Å²) in [6.45, 7) is 6.98. The Bertz CT molecular complexity index is 1190. The van der Waals surface area contributed by atoms with E-state index in [2.05, 4.69) is 36.3 Å². The van der Waals surface area contributed by atoms with Crippen molar-refractivity contribution >= 4 is 31.6 Å². The SMILES string of the molecule is CC[Si](CC)(CC)CCCNC(=O)c1ccc(C(=O)c2ccc(C(=O)NCCCO)c(C(=O)O)c2)cc1COO. The van der Waals surface area contributed by atoms with Gasteiger partial charge in [-0.1, -0.05) is 57.1 Å². The maximum Gasteiger partial charge on any atom is 0.336 e. The molecule has 0 saturated heterocycles. The minimum atomic E-state index is -1.37. The van der Waals surface area contributed by atoms with Gasteiger partial charge in [0.1, 0.15) is 6.61 Å². The molecular weight excluding hydrogens is 532 g/mol. The van der Waals surface area contributed by atoms with Crippen LogP contribution >= 0.6 is 0 Å². The van der Waals surface area contributed by atoms with Gasteiger partial charge in [0, 0.05) is 36.4 Å². The van der Waals surface area contributed by atoms with E-state index in [1.807, 2.05) is 0 Å². The minimum absolute atomic E-state index is 0.0350. The van der Waals surface area contributed by atoms with Crippen LogP contribution in [0.2, 0.25) is 24.2 Å². The number of hydrogen-bond donors (Lipinski definition) is 5. The van der Waals surface area contributed by atoms with Crippen molar-refractivity contribution in [2.24, 2.45) is 0 Å². The lowest BCUT2D eigenvalue weighted by molar-refractivity contribution is -0.253. The Morgan fingerprint density at radius 3 is 1.90 bits per heavy atom. The summed E-state index contributed by atoms with van der Waals surface area (Å²) in [5.41, 5.74) is 0.293. The monoisotopic (exact) mass is 572 g/mol. The van der Waals surface area contributed by atoms with Crippen LogP contribution < -0.4 is 10.6 Å². The van der Waals surface area contributed by atoms with Gasteiger partial charge < -0.3 is 20.8 Å². The zero-order valence-corrected chi connectivity index (χ0v) is 24.4. The van der Waals surface area contributed by atoms with E-state index in [0.29, 0.717) is 18.5 Å². The van der Waals surface area contributed by atoms with Gasteiger partial charge >= 0.3 is 5.97 Å². The van der Waals surface area contributed by atoms with Gasteiger partial charge in [0.05, 0.1) is 19.2 Å². The Labute approximate surface area is 235 Å². The average Bonchev–Trinajstić information content (AvgIpc) is 2.97. The average molecular weight is 573 g/mol. The molecule has 0 aliphatic heterocycles. The fourth-order valence-electron chi connectivity index (χ4n) is 4.79. The molecule has 0 atom stereocenters. The number of carbonyl (C=O) groups is 4. The maximum absolute atomic E-state index is 13.2. The van der Waals surface area contributed by atoms with Gasteiger partial charge in [-0.25, -0.2) is 9.68 Å². The molecule has 2 rings (SSSR count). The third kappa shape index (κ3) is 8.56. The van der Waals surface area contributed by atoms with Crippen LogP contribution in [0.5, 0.6) is 0 Å². The highest BCUT2D eigenvalue weighted by atomic mass is 28.3. The number of carboxylic acid groups (broad SMARTS) is 1. The fraction of sp³-hybridized carbons (Fsp3) is 0.448. The summed E-state index contributed by atoms with van der Waals surface area (Å²) in [6.07, 6.45) is 1.20. The number of aliphatic hydroxyl groups excluding tert-OH is 1. The molecule has 0 fully saturated rings. The van der Waals surface area contributed by atoms with Crippen molar-refractivity contribution in [1.82, 2.24) is 10.6 Å². The molecule has 0 aliphatic rings. The number of aromatic carboxylic acids is 1. The Hall–Kier alpha value is -3.38. The Morgan fingerprint density at radius 2 is 1.35 bits per heavy atom. The van der Waals surface area contributed by atoms with Gasteiger partial charge in [-0.3, -0.25) is 19.6 Å². The van der Waals surface area contributed by atoms with E-state index in [-0.39, 0.29) is 53.5 Å². The topological polar surface area (TPSA) is 162 Å². The second-order valence-corrected chi connectivity index (χ2v) is 15.4. The Balaban J connectivity index is 2.22. The largest absolute Gasteiger partial charge is 0.478 e. The van der Waals surface area contributed by atoms with Gasteiger partial charge in [0.2, 0.25) is 0 Å². The van der Waals surface area contributed by atoms with Crippen molar-refractivity contribution in [3.05, 3.63) is 69.8 Å². The van der Waals surface area contributed by atoms with E-state index < -0.39 is 25.7 Å². The molecule has 0 saturated carbocycles. The van der Waals surface area contributed by atoms with Crippen LogP contribution in [0, 0.1) is 0 Å². The molecule has 11 heteroatoms. The van der Waals surface area contributed by atoms with Crippen LogP contribution in [0.15, 0.2) is 36.4 Å². The smallest absolute Gasteiger partial charge is 0.336 e. The van der Waals surface area contributed by atoms with E-state index in [9.17, 15) is 24.3 Å². The molecule has 2 aromatic carbocycles. The zero-order chi connectivity index (χ0) is 29.7. The lowest BCUT2D eigenvalue weighted by atomic mass is 9.95. The van der Waals surface area contributed by atoms with E-state index in [0.717, 1.165) is 18.5 Å². The van der Waals surface area contributed by atoms with Crippen LogP contribution in [0.4, 0.5) is 0 Å². The number of nitrogens with one attached hydrogen (secondary N) is 2. The lowest BCUT2D eigenvalue weighted by Crippen LogP contribution is -2.33. The lowest BCUT2D eigenvalue weighted by Gasteiger charge is -2.28. The second kappa shape index (κ2) is 16.0. The van der Waals surface area contributed by atoms with Gasteiger partial charge in [-0.05, 0) is 42.7 Å². The van der Waals surface area contributed by atoms with Crippen molar-refractivity contribution in [3.8, 4) is 0 Å². The third-order valence-corrected chi connectivity index (χ3v) is 13.5. The van der Waals surface area contributed by atoms with Crippen LogP contribution in [0.1, 0.15) is 86.2 Å². The van der Waals surface area contributed by atoms with Gasteiger partial charge in [0.15, 0.2) is 5.78 Å². The van der Waals surface area contributed by atoms with Gasteiger partial charge in [0.25, 0.3) is 11.8 Å². The van der Waals surface area contributed by atoms with Crippen molar-refractivity contribution in [2.45, 2.75) is 64.4 Å². The quantitative estimate of drug-likeness (QED) is 0.0614. The molecule has 0 aliphatic carbocycles. The molecule has 10 nitrogen and oxygen atoms in total. The number of ketones is 1. The summed E-state index contributed by atoms with van der Waals surface area (Å²) in [6, 6.07) is 12.9. The Morgan fingerprint density at radius 1 is 0.800 bits per heavy atom. The zero-order valence-electron chi connectivity index (χ0n) is 23.4. The van der Waals surface area contributed by atoms with E-state index >= 15 is 0 Å². The summed E-state index contributed by atoms with van der Waals surface area (Å²) in [5.74, 6) is -2.87. The molecule has 0 aromatic heterocycles. The number of rotatable bonds is 17. The summed E-state index contributed by atoms with van der Waals surface area (Å²) in [4.78, 5) is 54.6. The number of aliphatic hydroxyl groups is 1. The molecule has 0 spiro atoms. The van der Waals surface area contributed by atoms with Crippen molar-refractivity contribution in [1.29, 1.82) is 0 Å². The molecule has 2 aromatic rings. The number of hydrogen-bond acceptors (Lipinski definition) is 7. The summed E-state index contributed by atoms with van der Waals surface area (Å²) >= 11 is 0. The normalized spacial score (nSPS) is 11.2. The molecule has 218 valence electrons. The first-order valence-corrected chi connectivity index (χ1v) is 16.5. The number of amides is 2. The first kappa shape index (κ1) is 32.8. The van der Waals surface area contributed by atoms with Crippen LogP contribution in [0.3, 0.4) is 0 Å². The minimum Gasteiger partial charge on any atom is -0.478 e. The van der Waals surface area contributed by atoms with Crippen molar-refractivity contribution in [3.63, 3.8) is 0 Å². The Kier molecular flexibility index (Phi) is 13.1. The molecule has 0 radical (unpaired) electrons. The molecule has 0 heterocycles. The van der Waals surface area contributed by atoms with E-state index in [4.69, 9.17) is 10.4 Å². The highest BCUT2D eigenvalue weighted by molar-refractivity contribution is 6.79. The first-order chi connectivity index (χ1) is 19.2. The van der Waals surface area contributed by atoms with Gasteiger partial charge in [-0.15, -0.1) is 0 Å². The van der Waals surface area contributed by atoms with Crippen molar-refractivity contribution in [2.75, 3.05) is 19.7 Å². The second-order valence-electron chi connectivity index (χ2n) is 9.79. The molecule has 5 N–H and O–H groups in total. The summed E-state index contributed by atoms with van der Waals surface area (Å²) < 4.78 is 0. The molecule has 0 bridgehead atoms. The van der Waals surface area contributed by atoms with Crippen LogP contribution in [0.25, 0.3) is 0 Å². The van der Waals surface area contributed by atoms with E-state index in [1.54, 1.807) is 0 Å². The first-order valence-electron chi connectivity index (χ1n) is 13.6. The molecule has 0 unspecified atom stereocenters. The number of carboxylic acids is 1. The summed E-state index contributed by atoms with van der Waals surface area (Å²) in [7, 11) is -1.28. The van der Waals surface area contributed by atoms with E-state index in [1.165, 1.54) is 48.5 Å². The predicted molar refractivity (Wildman–Crippen MR) is 154 cm³/mol. The van der Waals surface area contributed by atoms with Crippen LogP contribution in [-0.4, -0.2) is 66.8 Å². The van der Waals surface area contributed by atoms with Gasteiger partial charge in [-0.2, -0.15) is 0 Å². The number of benzene rings is 2. The highest BCUT2D eigenvalue weighted by Crippen LogP contribution is 2.26. The summed E-state index contributed by atoms with van der Waals surface area (Å²) in [5, 5.41) is 33.0. The highest BCUT2D eigenvalue weighted by Gasteiger charge is 2.26. The fourth-order valence-corrected chi connectivity index (χ4v) is 8.28. The standard InChI is InChI=1S/C29H40N2O8Si/c1-4-40(5-2,6-3)16-8-14-31-27(34)23-11-9-20(17-22(23)19-39-38)26(33)21-10-12-24(25(18-21)29(36)37)28(35)30-13-7-15-32/h9-12,17-18,32,38H,4-8,13-16,19H2,1-3H3,(H,30,35)(H,31,34)(H,36,37). The number of carbonyl (C=O) groups excluding carboxylic acids is 3. The predicted octanol–water partition coefficient (Wildman–Crippen LogP) is 4.35. The van der Waals surface area contributed by atoms with Crippen LogP contribution in [-0.2, 0) is 11.5 Å². The maximum atomic E-state index is 13.2. The third-order valence-electron chi connectivity index (χ3n) is 7.63. The molecular formula is C29H40N2O8Si.